The number of nitrogens with one attached hydrogen (secondary N) is 2. The first kappa shape index (κ1) is 24.3. The average Bonchev–Trinajstić information content (AvgIpc) is 3.29. The summed E-state index contributed by atoms with van der Waals surface area (Å²) in [5.41, 5.74) is 1.94. The van der Waals surface area contributed by atoms with Crippen LogP contribution in [0.2, 0.25) is 5.02 Å². The van der Waals surface area contributed by atoms with Gasteiger partial charge >= 0.3 is 0 Å². The first-order valence-corrected chi connectivity index (χ1v) is 12.0. The van der Waals surface area contributed by atoms with E-state index in [1.165, 1.54) is 11.8 Å². The van der Waals surface area contributed by atoms with E-state index in [0.717, 1.165) is 11.4 Å². The summed E-state index contributed by atoms with van der Waals surface area (Å²) in [4.78, 5) is 25.1. The number of aromatic nitrogens is 3. The number of carbonyl (C=O) groups is 2. The van der Waals surface area contributed by atoms with Crippen molar-refractivity contribution in [3.05, 3.63) is 95.3 Å². The van der Waals surface area contributed by atoms with E-state index >= 15 is 0 Å². The van der Waals surface area contributed by atoms with Crippen LogP contribution in [-0.2, 0) is 11.3 Å². The number of halogens is 1. The SMILES string of the molecule is COc1ccc(C(=O)NCc2nnc(SCC(=O)Nc3ccccc3)n2-c2cccc(Cl)c2)cc1. The Kier molecular flexibility index (Phi) is 8.02. The summed E-state index contributed by atoms with van der Waals surface area (Å²) in [5.74, 6) is 0.868. The Bertz CT molecular complexity index is 1310. The largest absolute Gasteiger partial charge is 0.497 e. The first-order valence-electron chi connectivity index (χ1n) is 10.6. The topological polar surface area (TPSA) is 98.1 Å². The molecule has 1 heterocycles. The Morgan fingerprint density at radius 2 is 1.77 bits per heavy atom. The predicted molar refractivity (Wildman–Crippen MR) is 136 cm³/mol. The minimum atomic E-state index is -0.260. The zero-order valence-corrected chi connectivity index (χ0v) is 20.3. The molecule has 0 atom stereocenters. The highest BCUT2D eigenvalue weighted by atomic mass is 35.5. The van der Waals surface area contributed by atoms with Crippen molar-refractivity contribution in [3.8, 4) is 11.4 Å². The molecule has 0 bridgehead atoms. The molecule has 0 aliphatic rings. The molecular weight excluding hydrogens is 486 g/mol. The second kappa shape index (κ2) is 11.5. The second-order valence-corrected chi connectivity index (χ2v) is 8.71. The molecule has 0 spiro atoms. The van der Waals surface area contributed by atoms with Crippen LogP contribution in [0.3, 0.4) is 0 Å². The van der Waals surface area contributed by atoms with Gasteiger partial charge in [-0.15, -0.1) is 10.2 Å². The molecule has 0 saturated heterocycles. The maximum absolute atomic E-state index is 12.6. The molecule has 0 fully saturated rings. The van der Waals surface area contributed by atoms with Crippen LogP contribution in [-0.4, -0.2) is 39.4 Å². The highest BCUT2D eigenvalue weighted by molar-refractivity contribution is 7.99. The molecule has 2 N–H and O–H groups in total. The highest BCUT2D eigenvalue weighted by Gasteiger charge is 2.17. The monoisotopic (exact) mass is 507 g/mol. The lowest BCUT2D eigenvalue weighted by Crippen LogP contribution is -2.24. The van der Waals surface area contributed by atoms with Crippen molar-refractivity contribution >= 4 is 40.9 Å². The maximum Gasteiger partial charge on any atom is 0.251 e. The van der Waals surface area contributed by atoms with Gasteiger partial charge in [-0.05, 0) is 54.6 Å². The fourth-order valence-electron chi connectivity index (χ4n) is 3.24. The Morgan fingerprint density at radius 1 is 1.00 bits per heavy atom. The zero-order valence-electron chi connectivity index (χ0n) is 18.8. The van der Waals surface area contributed by atoms with Gasteiger partial charge in [-0.3, -0.25) is 14.2 Å². The van der Waals surface area contributed by atoms with Crippen molar-refractivity contribution in [1.29, 1.82) is 0 Å². The summed E-state index contributed by atoms with van der Waals surface area (Å²) in [6.45, 7) is 0.126. The summed E-state index contributed by atoms with van der Waals surface area (Å²) in [5, 5.41) is 15.3. The van der Waals surface area contributed by atoms with Crippen molar-refractivity contribution in [3.63, 3.8) is 0 Å². The van der Waals surface area contributed by atoms with Crippen LogP contribution in [0.1, 0.15) is 16.2 Å². The van der Waals surface area contributed by atoms with Gasteiger partial charge in [0, 0.05) is 16.3 Å². The molecule has 35 heavy (non-hydrogen) atoms. The number of ether oxygens (including phenoxy) is 1. The van der Waals surface area contributed by atoms with Crippen molar-refractivity contribution < 1.29 is 14.3 Å². The lowest BCUT2D eigenvalue weighted by atomic mass is 10.2. The summed E-state index contributed by atoms with van der Waals surface area (Å²) in [6, 6.07) is 23.2. The van der Waals surface area contributed by atoms with Crippen LogP contribution in [0.5, 0.6) is 5.75 Å². The number of methoxy groups -OCH3 is 1. The molecule has 4 aromatic rings. The molecule has 10 heteroatoms. The number of carbonyl (C=O) groups excluding carboxylic acids is 2. The van der Waals surface area contributed by atoms with Gasteiger partial charge in [-0.2, -0.15) is 0 Å². The Labute approximate surface area is 211 Å². The van der Waals surface area contributed by atoms with E-state index in [1.807, 2.05) is 42.5 Å². The molecule has 0 radical (unpaired) electrons. The van der Waals surface area contributed by atoms with Crippen molar-refractivity contribution in [2.45, 2.75) is 11.7 Å². The van der Waals surface area contributed by atoms with E-state index in [9.17, 15) is 9.59 Å². The molecule has 1 aromatic heterocycles. The predicted octanol–water partition coefficient (Wildman–Crippen LogP) is 4.59. The normalized spacial score (nSPS) is 10.6. The van der Waals surface area contributed by atoms with Crippen LogP contribution in [0, 0.1) is 0 Å². The molecule has 2 amide bonds. The molecule has 0 saturated carbocycles. The number of benzene rings is 3. The molecule has 0 aliphatic heterocycles. The number of rotatable bonds is 9. The van der Waals surface area contributed by atoms with Gasteiger partial charge < -0.3 is 15.4 Å². The molecule has 8 nitrogen and oxygen atoms in total. The van der Waals surface area contributed by atoms with Crippen molar-refractivity contribution in [2.24, 2.45) is 0 Å². The van der Waals surface area contributed by atoms with Crippen LogP contribution in [0.15, 0.2) is 84.0 Å². The third-order valence-corrected chi connectivity index (χ3v) is 6.08. The fraction of sp³-hybridized carbons (Fsp3) is 0.120. The van der Waals surface area contributed by atoms with E-state index in [0.29, 0.717) is 27.3 Å². The van der Waals surface area contributed by atoms with Gasteiger partial charge in [0.25, 0.3) is 5.91 Å². The number of anilines is 1. The van der Waals surface area contributed by atoms with Crippen molar-refractivity contribution in [1.82, 2.24) is 20.1 Å². The number of thioether (sulfide) groups is 1. The number of para-hydroxylation sites is 1. The first-order chi connectivity index (χ1) is 17.0. The Hall–Kier alpha value is -3.82. The Balaban J connectivity index is 1.49. The van der Waals surface area contributed by atoms with Crippen molar-refractivity contribution in [2.75, 3.05) is 18.2 Å². The van der Waals surface area contributed by atoms with Gasteiger partial charge in [-0.1, -0.05) is 47.6 Å². The third-order valence-electron chi connectivity index (χ3n) is 4.92. The Morgan fingerprint density at radius 3 is 2.49 bits per heavy atom. The molecular formula is C25H22ClN5O3S. The second-order valence-electron chi connectivity index (χ2n) is 7.33. The van der Waals surface area contributed by atoms with Crippen LogP contribution >= 0.6 is 23.4 Å². The number of amides is 2. The third kappa shape index (κ3) is 6.40. The molecule has 3 aromatic carbocycles. The zero-order chi connectivity index (χ0) is 24.6. The number of hydrogen-bond donors (Lipinski definition) is 2. The minimum absolute atomic E-state index is 0.126. The van der Waals surface area contributed by atoms with Gasteiger partial charge in [0.1, 0.15) is 5.75 Å². The quantitative estimate of drug-likeness (QED) is 0.321. The smallest absolute Gasteiger partial charge is 0.251 e. The molecule has 178 valence electrons. The highest BCUT2D eigenvalue weighted by Crippen LogP contribution is 2.24. The number of nitrogens with zero attached hydrogens (tertiary/aromatic N) is 3. The lowest BCUT2D eigenvalue weighted by Gasteiger charge is -2.12. The molecule has 0 unspecified atom stereocenters. The average molecular weight is 508 g/mol. The van der Waals surface area contributed by atoms with E-state index < -0.39 is 0 Å². The minimum Gasteiger partial charge on any atom is -0.497 e. The van der Waals surface area contributed by atoms with Crippen LogP contribution in [0.4, 0.5) is 5.69 Å². The summed E-state index contributed by atoms with van der Waals surface area (Å²) >= 11 is 7.45. The van der Waals surface area contributed by atoms with E-state index in [2.05, 4.69) is 20.8 Å². The molecule has 4 rings (SSSR count). The van der Waals surface area contributed by atoms with Crippen LogP contribution in [0.25, 0.3) is 5.69 Å². The van der Waals surface area contributed by atoms with Gasteiger partial charge in [0.05, 0.1) is 25.1 Å². The van der Waals surface area contributed by atoms with Crippen LogP contribution < -0.4 is 15.4 Å². The summed E-state index contributed by atoms with van der Waals surface area (Å²) < 4.78 is 6.91. The lowest BCUT2D eigenvalue weighted by molar-refractivity contribution is -0.113. The van der Waals surface area contributed by atoms with Gasteiger partial charge in [-0.25, -0.2) is 0 Å². The van der Waals surface area contributed by atoms with Gasteiger partial charge in [0.15, 0.2) is 11.0 Å². The fourth-order valence-corrected chi connectivity index (χ4v) is 4.19. The molecule has 0 aliphatic carbocycles. The maximum atomic E-state index is 12.6. The summed E-state index contributed by atoms with van der Waals surface area (Å²) in [7, 11) is 1.57. The van der Waals surface area contributed by atoms with Gasteiger partial charge in [0.2, 0.25) is 5.91 Å². The van der Waals surface area contributed by atoms with E-state index in [-0.39, 0.29) is 24.1 Å². The van der Waals surface area contributed by atoms with E-state index in [1.54, 1.807) is 48.1 Å². The van der Waals surface area contributed by atoms with E-state index in [4.69, 9.17) is 16.3 Å². The standard InChI is InChI=1S/C25H22ClN5O3S/c1-34-21-12-10-17(11-13-21)24(33)27-15-22-29-30-25(31(22)20-9-5-6-18(26)14-20)35-16-23(32)28-19-7-3-2-4-8-19/h2-14H,15-16H2,1H3,(H,27,33)(H,28,32). The summed E-state index contributed by atoms with van der Waals surface area (Å²) in [6.07, 6.45) is 0. The number of hydrogen-bond acceptors (Lipinski definition) is 6.